The first kappa shape index (κ1) is 13.2. The molecule has 3 amide bonds. The highest BCUT2D eigenvalue weighted by molar-refractivity contribution is 5.83. The molecule has 0 unspecified atom stereocenters. The van der Waals surface area contributed by atoms with Crippen LogP contribution in [0.3, 0.4) is 0 Å². The van der Waals surface area contributed by atoms with Crippen LogP contribution < -0.4 is 5.73 Å². The molecule has 0 spiro atoms. The Bertz CT molecular complexity index is 332. The molecule has 18 heavy (non-hydrogen) atoms. The molecule has 1 heterocycles. The van der Waals surface area contributed by atoms with Crippen molar-refractivity contribution in [1.29, 1.82) is 0 Å². The quantitative estimate of drug-likeness (QED) is 0.799. The third kappa shape index (κ3) is 2.94. The van der Waals surface area contributed by atoms with Crippen LogP contribution in [-0.4, -0.2) is 48.4 Å². The number of likely N-dealkylation sites (tertiary alicyclic amines) is 1. The highest BCUT2D eigenvalue weighted by Gasteiger charge is 2.33. The molecule has 2 rings (SSSR count). The fourth-order valence-electron chi connectivity index (χ4n) is 3.21. The zero-order chi connectivity index (χ0) is 13.1. The average Bonchev–Trinajstić information content (AvgIpc) is 2.37. The Kier molecular flexibility index (Phi) is 4.09. The summed E-state index contributed by atoms with van der Waals surface area (Å²) in [5.41, 5.74) is 5.14. The topological polar surface area (TPSA) is 66.6 Å². The molecule has 5 nitrogen and oxygen atoms in total. The molecule has 1 saturated carbocycles. The van der Waals surface area contributed by atoms with Crippen LogP contribution >= 0.6 is 0 Å². The van der Waals surface area contributed by atoms with Crippen molar-refractivity contribution in [2.45, 2.75) is 32.1 Å². The molecule has 2 N–H and O–H groups in total. The number of rotatable bonds is 2. The molecule has 5 heteroatoms. The summed E-state index contributed by atoms with van der Waals surface area (Å²) in [6.45, 7) is 1.81. The molecule has 0 bridgehead atoms. The van der Waals surface area contributed by atoms with Crippen LogP contribution in [0.1, 0.15) is 32.1 Å². The van der Waals surface area contributed by atoms with Gasteiger partial charge in [-0.1, -0.05) is 19.3 Å². The number of hydrogen-bond donors (Lipinski definition) is 1. The van der Waals surface area contributed by atoms with Crippen LogP contribution in [0.15, 0.2) is 0 Å². The second-order valence-corrected chi connectivity index (χ2v) is 5.63. The minimum atomic E-state index is -0.545. The maximum Gasteiger partial charge on any atom is 0.314 e. The van der Waals surface area contributed by atoms with Gasteiger partial charge in [0.1, 0.15) is 6.54 Å². The first-order valence-corrected chi connectivity index (χ1v) is 6.86. The maximum absolute atomic E-state index is 12.1. The van der Waals surface area contributed by atoms with Crippen molar-refractivity contribution in [3.63, 3.8) is 0 Å². The van der Waals surface area contributed by atoms with Crippen LogP contribution in [0.25, 0.3) is 0 Å². The SMILES string of the molecule is CN(CC(=O)N1CC[C@@H]2CCCC[C@@H]2C1)C(N)=O. The second kappa shape index (κ2) is 5.59. The summed E-state index contributed by atoms with van der Waals surface area (Å²) in [7, 11) is 1.56. The molecule has 2 atom stereocenters. The lowest BCUT2D eigenvalue weighted by Gasteiger charge is -2.41. The maximum atomic E-state index is 12.1. The van der Waals surface area contributed by atoms with E-state index in [0.29, 0.717) is 5.92 Å². The number of amides is 3. The van der Waals surface area contributed by atoms with Crippen LogP contribution in [0.5, 0.6) is 0 Å². The van der Waals surface area contributed by atoms with Crippen LogP contribution in [0.4, 0.5) is 4.79 Å². The lowest BCUT2D eigenvalue weighted by molar-refractivity contribution is -0.134. The standard InChI is InChI=1S/C13H23N3O2/c1-15(13(14)18)9-12(17)16-7-6-10-4-2-3-5-11(10)8-16/h10-11H,2-9H2,1H3,(H2,14,18)/t10-,11+/m0/s1. The summed E-state index contributed by atoms with van der Waals surface area (Å²) in [4.78, 5) is 26.2. The molecule has 1 aliphatic carbocycles. The number of nitrogens with zero attached hydrogens (tertiary/aromatic N) is 2. The Morgan fingerprint density at radius 3 is 2.56 bits per heavy atom. The average molecular weight is 253 g/mol. The molecule has 1 saturated heterocycles. The van der Waals surface area contributed by atoms with Crippen LogP contribution in [0, 0.1) is 11.8 Å². The van der Waals surface area contributed by atoms with Gasteiger partial charge in [-0.2, -0.15) is 0 Å². The minimum absolute atomic E-state index is 0.0281. The van der Waals surface area contributed by atoms with E-state index in [2.05, 4.69) is 0 Å². The number of carbonyl (C=O) groups excluding carboxylic acids is 2. The minimum Gasteiger partial charge on any atom is -0.351 e. The van der Waals surface area contributed by atoms with Crippen molar-refractivity contribution in [3.05, 3.63) is 0 Å². The van der Waals surface area contributed by atoms with E-state index in [0.717, 1.165) is 25.4 Å². The van der Waals surface area contributed by atoms with Gasteiger partial charge in [0.25, 0.3) is 0 Å². The summed E-state index contributed by atoms with van der Waals surface area (Å²) in [5.74, 6) is 1.52. The number of urea groups is 1. The number of carbonyl (C=O) groups is 2. The molecule has 102 valence electrons. The van der Waals surface area contributed by atoms with Gasteiger partial charge in [0, 0.05) is 20.1 Å². The summed E-state index contributed by atoms with van der Waals surface area (Å²) in [6, 6.07) is -0.545. The normalized spacial score (nSPS) is 27.5. The van der Waals surface area contributed by atoms with E-state index in [1.54, 1.807) is 7.05 Å². The number of fused-ring (bicyclic) bond motifs is 1. The summed E-state index contributed by atoms with van der Waals surface area (Å²) in [6.07, 6.45) is 6.34. The third-order valence-corrected chi connectivity index (χ3v) is 4.39. The molecule has 2 fully saturated rings. The number of piperidine rings is 1. The Balaban J connectivity index is 1.86. The fraction of sp³-hybridized carbons (Fsp3) is 0.846. The Morgan fingerprint density at radius 1 is 1.22 bits per heavy atom. The summed E-state index contributed by atoms with van der Waals surface area (Å²) in [5, 5.41) is 0. The lowest BCUT2D eigenvalue weighted by atomic mass is 9.75. The van der Waals surface area contributed by atoms with Gasteiger partial charge < -0.3 is 15.5 Å². The molecular formula is C13H23N3O2. The second-order valence-electron chi connectivity index (χ2n) is 5.63. The molecule has 0 aromatic carbocycles. The van der Waals surface area contributed by atoms with Gasteiger partial charge in [-0.05, 0) is 24.7 Å². The van der Waals surface area contributed by atoms with Crippen molar-refractivity contribution in [1.82, 2.24) is 9.80 Å². The Hall–Kier alpha value is -1.26. The number of primary amides is 1. The third-order valence-electron chi connectivity index (χ3n) is 4.39. The van der Waals surface area contributed by atoms with E-state index in [9.17, 15) is 9.59 Å². The van der Waals surface area contributed by atoms with Crippen molar-refractivity contribution >= 4 is 11.9 Å². The van der Waals surface area contributed by atoms with Crippen LogP contribution in [0.2, 0.25) is 0 Å². The fourth-order valence-corrected chi connectivity index (χ4v) is 3.21. The van der Waals surface area contributed by atoms with Crippen molar-refractivity contribution in [2.75, 3.05) is 26.7 Å². The van der Waals surface area contributed by atoms with E-state index in [1.165, 1.54) is 30.6 Å². The van der Waals surface area contributed by atoms with Crippen molar-refractivity contribution in [2.24, 2.45) is 17.6 Å². The first-order chi connectivity index (χ1) is 8.58. The van der Waals surface area contributed by atoms with Gasteiger partial charge >= 0.3 is 6.03 Å². The predicted octanol–water partition coefficient (Wildman–Crippen LogP) is 1.04. The zero-order valence-electron chi connectivity index (χ0n) is 11.1. The molecule has 0 aromatic heterocycles. The summed E-state index contributed by atoms with van der Waals surface area (Å²) >= 11 is 0. The predicted molar refractivity (Wildman–Crippen MR) is 68.9 cm³/mol. The van der Waals surface area contributed by atoms with Gasteiger partial charge in [-0.25, -0.2) is 4.79 Å². The largest absolute Gasteiger partial charge is 0.351 e. The van der Waals surface area contributed by atoms with Gasteiger partial charge in [-0.15, -0.1) is 0 Å². The molecule has 2 aliphatic rings. The Morgan fingerprint density at radius 2 is 1.89 bits per heavy atom. The van der Waals surface area contributed by atoms with E-state index >= 15 is 0 Å². The van der Waals surface area contributed by atoms with Crippen molar-refractivity contribution in [3.8, 4) is 0 Å². The molecule has 0 aromatic rings. The molecular weight excluding hydrogens is 230 g/mol. The summed E-state index contributed by atoms with van der Waals surface area (Å²) < 4.78 is 0. The van der Waals surface area contributed by atoms with E-state index in [4.69, 9.17) is 5.73 Å². The smallest absolute Gasteiger partial charge is 0.314 e. The highest BCUT2D eigenvalue weighted by atomic mass is 16.2. The highest BCUT2D eigenvalue weighted by Crippen LogP contribution is 2.35. The lowest BCUT2D eigenvalue weighted by Crippen LogP contribution is -2.49. The molecule has 1 aliphatic heterocycles. The van der Waals surface area contributed by atoms with Gasteiger partial charge in [0.15, 0.2) is 0 Å². The van der Waals surface area contributed by atoms with E-state index < -0.39 is 6.03 Å². The van der Waals surface area contributed by atoms with Gasteiger partial charge in [-0.3, -0.25) is 4.79 Å². The first-order valence-electron chi connectivity index (χ1n) is 6.86. The Labute approximate surface area is 108 Å². The van der Waals surface area contributed by atoms with Crippen LogP contribution in [-0.2, 0) is 4.79 Å². The van der Waals surface area contributed by atoms with E-state index in [-0.39, 0.29) is 12.5 Å². The zero-order valence-corrected chi connectivity index (χ0v) is 11.1. The number of hydrogen-bond acceptors (Lipinski definition) is 2. The number of nitrogens with two attached hydrogens (primary N) is 1. The van der Waals surface area contributed by atoms with Crippen molar-refractivity contribution < 1.29 is 9.59 Å². The van der Waals surface area contributed by atoms with Gasteiger partial charge in [0.05, 0.1) is 0 Å². The monoisotopic (exact) mass is 253 g/mol. The molecule has 0 radical (unpaired) electrons. The number of likely N-dealkylation sites (N-methyl/N-ethyl adjacent to an activating group) is 1. The van der Waals surface area contributed by atoms with E-state index in [1.807, 2.05) is 4.90 Å². The van der Waals surface area contributed by atoms with Gasteiger partial charge in [0.2, 0.25) is 5.91 Å².